The quantitative estimate of drug-likeness (QED) is 0.869. The Hall–Kier alpha value is -1.79. The average Bonchev–Trinajstić information content (AvgIpc) is 3.31. The summed E-state index contributed by atoms with van der Waals surface area (Å²) in [6, 6.07) is 6.01. The summed E-state index contributed by atoms with van der Waals surface area (Å²) >= 11 is 6.02. The van der Waals surface area contributed by atoms with Crippen molar-refractivity contribution in [3.05, 3.63) is 23.2 Å². The fourth-order valence-corrected chi connectivity index (χ4v) is 4.04. The molecular formula is C19H25ClN4O2. The van der Waals surface area contributed by atoms with Crippen LogP contribution < -0.4 is 10.2 Å². The van der Waals surface area contributed by atoms with Crippen molar-refractivity contribution < 1.29 is 9.21 Å². The van der Waals surface area contributed by atoms with E-state index in [4.69, 9.17) is 16.0 Å². The second kappa shape index (κ2) is 7.84. The van der Waals surface area contributed by atoms with E-state index in [-0.39, 0.29) is 11.8 Å². The van der Waals surface area contributed by atoms with Crippen molar-refractivity contribution in [3.8, 4) is 0 Å². The number of aromatic nitrogens is 1. The minimum absolute atomic E-state index is 0.0130. The monoisotopic (exact) mass is 376 g/mol. The predicted molar refractivity (Wildman–Crippen MR) is 103 cm³/mol. The number of hydrogen-bond donors (Lipinski definition) is 1. The summed E-state index contributed by atoms with van der Waals surface area (Å²) in [6.07, 6.45) is 4.43. The van der Waals surface area contributed by atoms with Gasteiger partial charge in [-0.15, -0.1) is 0 Å². The van der Waals surface area contributed by atoms with Gasteiger partial charge in [0, 0.05) is 31.2 Å². The number of likely N-dealkylation sites (tertiary alicyclic amines) is 1. The van der Waals surface area contributed by atoms with E-state index in [1.165, 1.54) is 12.8 Å². The van der Waals surface area contributed by atoms with Crippen molar-refractivity contribution in [1.29, 1.82) is 0 Å². The number of amides is 1. The van der Waals surface area contributed by atoms with Gasteiger partial charge in [-0.05, 0) is 57.0 Å². The van der Waals surface area contributed by atoms with Gasteiger partial charge < -0.3 is 19.5 Å². The van der Waals surface area contributed by atoms with Crippen molar-refractivity contribution in [1.82, 2.24) is 15.2 Å². The van der Waals surface area contributed by atoms with Crippen LogP contribution in [0, 0.1) is 5.92 Å². The summed E-state index contributed by atoms with van der Waals surface area (Å²) in [5, 5.41) is 3.75. The van der Waals surface area contributed by atoms with Gasteiger partial charge in [0.25, 0.3) is 6.01 Å². The zero-order valence-electron chi connectivity index (χ0n) is 14.9. The van der Waals surface area contributed by atoms with E-state index >= 15 is 0 Å². The van der Waals surface area contributed by atoms with Crippen molar-refractivity contribution in [2.75, 3.05) is 44.2 Å². The minimum Gasteiger partial charge on any atom is -0.423 e. The molecule has 6 nitrogen and oxygen atoms in total. The summed E-state index contributed by atoms with van der Waals surface area (Å²) in [5.74, 6) is 0.133. The lowest BCUT2D eigenvalue weighted by molar-refractivity contribution is -0.125. The largest absolute Gasteiger partial charge is 0.423 e. The Morgan fingerprint density at radius 1 is 1.27 bits per heavy atom. The summed E-state index contributed by atoms with van der Waals surface area (Å²) in [5.41, 5.74) is 1.48. The molecule has 7 heteroatoms. The third-order valence-corrected chi connectivity index (χ3v) is 5.56. The lowest BCUT2D eigenvalue weighted by Crippen LogP contribution is -2.44. The zero-order chi connectivity index (χ0) is 17.9. The molecule has 140 valence electrons. The minimum atomic E-state index is -0.0130. The smallest absolute Gasteiger partial charge is 0.298 e. The van der Waals surface area contributed by atoms with Gasteiger partial charge in [0.05, 0.1) is 5.92 Å². The van der Waals surface area contributed by atoms with Crippen molar-refractivity contribution >= 4 is 34.6 Å². The number of anilines is 1. The van der Waals surface area contributed by atoms with Crippen LogP contribution in [0.4, 0.5) is 6.01 Å². The molecule has 1 amide bonds. The maximum atomic E-state index is 12.5. The number of piperidine rings is 1. The number of oxazole rings is 1. The predicted octanol–water partition coefficient (Wildman–Crippen LogP) is 2.91. The number of fused-ring (bicyclic) bond motifs is 1. The zero-order valence-corrected chi connectivity index (χ0v) is 15.7. The van der Waals surface area contributed by atoms with Gasteiger partial charge in [-0.25, -0.2) is 0 Å². The molecule has 0 bridgehead atoms. The van der Waals surface area contributed by atoms with Crippen LogP contribution in [0.25, 0.3) is 11.1 Å². The van der Waals surface area contributed by atoms with Crippen LogP contribution in [0.5, 0.6) is 0 Å². The molecular weight excluding hydrogens is 352 g/mol. The van der Waals surface area contributed by atoms with Gasteiger partial charge in [0.15, 0.2) is 5.58 Å². The number of halogens is 1. The van der Waals surface area contributed by atoms with E-state index in [9.17, 15) is 4.79 Å². The van der Waals surface area contributed by atoms with Gasteiger partial charge in [0.1, 0.15) is 5.52 Å². The number of nitrogens with zero attached hydrogens (tertiary/aromatic N) is 3. The number of hydrogen-bond acceptors (Lipinski definition) is 5. The molecule has 1 atom stereocenters. The highest BCUT2D eigenvalue weighted by Gasteiger charge is 2.28. The number of carbonyl (C=O) groups excluding carboxylic acids is 1. The first-order valence-electron chi connectivity index (χ1n) is 9.50. The third-order valence-electron chi connectivity index (χ3n) is 5.33. The molecule has 0 radical (unpaired) electrons. The molecule has 2 saturated heterocycles. The van der Waals surface area contributed by atoms with E-state index in [0.717, 1.165) is 56.7 Å². The molecule has 0 spiro atoms. The molecule has 1 aromatic heterocycles. The Bertz CT molecular complexity index is 772. The number of benzene rings is 1. The first kappa shape index (κ1) is 17.6. The first-order valence-corrected chi connectivity index (χ1v) is 9.88. The fraction of sp³-hybridized carbons (Fsp3) is 0.579. The van der Waals surface area contributed by atoms with Crippen molar-refractivity contribution in [2.24, 2.45) is 5.92 Å². The van der Waals surface area contributed by atoms with Gasteiger partial charge in [-0.2, -0.15) is 4.98 Å². The molecule has 3 heterocycles. The first-order chi connectivity index (χ1) is 12.7. The Labute approximate surface area is 158 Å². The Kier molecular flexibility index (Phi) is 5.31. The lowest BCUT2D eigenvalue weighted by Gasteiger charge is -2.31. The van der Waals surface area contributed by atoms with E-state index < -0.39 is 0 Å². The molecule has 0 aliphatic carbocycles. The third kappa shape index (κ3) is 3.96. The Balaban J connectivity index is 1.34. The van der Waals surface area contributed by atoms with Crippen LogP contribution >= 0.6 is 11.6 Å². The van der Waals surface area contributed by atoms with Crippen LogP contribution in [0.1, 0.15) is 25.7 Å². The molecule has 2 aromatic rings. The summed E-state index contributed by atoms with van der Waals surface area (Å²) in [6.45, 7) is 5.52. The van der Waals surface area contributed by atoms with Crippen LogP contribution in [0.2, 0.25) is 5.02 Å². The van der Waals surface area contributed by atoms with Crippen LogP contribution in [0.3, 0.4) is 0 Å². The fourth-order valence-electron chi connectivity index (χ4n) is 3.88. The second-order valence-electron chi connectivity index (χ2n) is 7.23. The molecule has 4 rings (SSSR count). The second-order valence-corrected chi connectivity index (χ2v) is 7.67. The van der Waals surface area contributed by atoms with E-state index in [1.807, 2.05) is 6.07 Å². The van der Waals surface area contributed by atoms with Crippen LogP contribution in [0.15, 0.2) is 22.6 Å². The molecule has 2 aliphatic heterocycles. The Morgan fingerprint density at radius 2 is 2.12 bits per heavy atom. The summed E-state index contributed by atoms with van der Waals surface area (Å²) < 4.78 is 5.86. The van der Waals surface area contributed by atoms with E-state index in [2.05, 4.69) is 20.1 Å². The van der Waals surface area contributed by atoms with Gasteiger partial charge in [-0.3, -0.25) is 4.79 Å². The van der Waals surface area contributed by atoms with Gasteiger partial charge in [-0.1, -0.05) is 11.6 Å². The average molecular weight is 377 g/mol. The molecule has 26 heavy (non-hydrogen) atoms. The van der Waals surface area contributed by atoms with Gasteiger partial charge in [0.2, 0.25) is 5.91 Å². The highest BCUT2D eigenvalue weighted by molar-refractivity contribution is 6.31. The molecule has 1 unspecified atom stereocenters. The number of nitrogens with one attached hydrogen (secondary N) is 1. The molecule has 1 aromatic carbocycles. The normalized spacial score (nSPS) is 21.4. The van der Waals surface area contributed by atoms with Crippen molar-refractivity contribution in [2.45, 2.75) is 25.7 Å². The Morgan fingerprint density at radius 3 is 2.96 bits per heavy atom. The molecule has 2 fully saturated rings. The topological polar surface area (TPSA) is 61.6 Å². The number of rotatable bonds is 5. The molecule has 0 saturated carbocycles. The van der Waals surface area contributed by atoms with Crippen LogP contribution in [-0.2, 0) is 4.79 Å². The lowest BCUT2D eigenvalue weighted by atomic mass is 9.97. The maximum Gasteiger partial charge on any atom is 0.298 e. The summed E-state index contributed by atoms with van der Waals surface area (Å²) in [7, 11) is 0. The number of carbonyl (C=O) groups is 1. The standard InChI is InChI=1S/C19H25ClN4O2/c20-15-5-6-17-16(12-15)22-19(26-17)24-10-3-4-14(13-24)18(25)21-7-11-23-8-1-2-9-23/h5-6,12,14H,1-4,7-11,13H2,(H,21,25). The van der Waals surface area contributed by atoms with Crippen LogP contribution in [-0.4, -0.2) is 55.1 Å². The van der Waals surface area contributed by atoms with E-state index in [1.54, 1.807) is 12.1 Å². The van der Waals surface area contributed by atoms with Gasteiger partial charge >= 0.3 is 0 Å². The maximum absolute atomic E-state index is 12.5. The SMILES string of the molecule is O=C(NCCN1CCCC1)C1CCCN(c2nc3cc(Cl)ccc3o2)C1. The highest BCUT2D eigenvalue weighted by atomic mass is 35.5. The van der Waals surface area contributed by atoms with E-state index in [0.29, 0.717) is 17.6 Å². The molecule has 2 aliphatic rings. The summed E-state index contributed by atoms with van der Waals surface area (Å²) in [4.78, 5) is 21.6. The highest BCUT2D eigenvalue weighted by Crippen LogP contribution is 2.28. The van der Waals surface area contributed by atoms with Crippen molar-refractivity contribution in [3.63, 3.8) is 0 Å². The molecule has 1 N–H and O–H groups in total.